The number of carboxylic acid groups (broad SMARTS) is 1. The maximum atomic E-state index is 11.7. The van der Waals surface area contributed by atoms with Gasteiger partial charge in [0, 0.05) is 7.11 Å². The molecule has 0 fully saturated rings. The molecule has 0 amide bonds. The van der Waals surface area contributed by atoms with Crippen molar-refractivity contribution in [2.24, 2.45) is 0 Å². The maximum Gasteiger partial charge on any atom is 0.310 e. The minimum absolute atomic E-state index is 0.0171. The number of sulfone groups is 1. The van der Waals surface area contributed by atoms with Crippen molar-refractivity contribution in [3.8, 4) is 0 Å². The van der Waals surface area contributed by atoms with Crippen molar-refractivity contribution in [1.29, 1.82) is 0 Å². The fourth-order valence-electron chi connectivity index (χ4n) is 1.58. The van der Waals surface area contributed by atoms with Crippen LogP contribution in [0.3, 0.4) is 0 Å². The van der Waals surface area contributed by atoms with Gasteiger partial charge in [-0.05, 0) is 18.1 Å². The van der Waals surface area contributed by atoms with Gasteiger partial charge in [-0.25, -0.2) is 8.42 Å². The number of carbonyl (C=O) groups is 1. The highest BCUT2D eigenvalue weighted by atomic mass is 32.2. The van der Waals surface area contributed by atoms with Crippen molar-refractivity contribution in [3.63, 3.8) is 0 Å². The molecule has 0 aliphatic heterocycles. The summed E-state index contributed by atoms with van der Waals surface area (Å²) in [5, 5.41) is 8.88. The van der Waals surface area contributed by atoms with E-state index < -0.39 is 21.7 Å². The molecule has 1 atom stereocenters. The Morgan fingerprint density at radius 2 is 1.89 bits per heavy atom. The summed E-state index contributed by atoms with van der Waals surface area (Å²) in [4.78, 5) is 10.8. The van der Waals surface area contributed by atoms with Crippen molar-refractivity contribution in [3.05, 3.63) is 35.4 Å². The molecule has 0 aliphatic rings. The number of rotatable bonds is 7. The number of methoxy groups -OCH3 is 1. The lowest BCUT2D eigenvalue weighted by molar-refractivity contribution is -0.138. The zero-order chi connectivity index (χ0) is 14.5. The summed E-state index contributed by atoms with van der Waals surface area (Å²) in [5.74, 6) is -1.57. The zero-order valence-electron chi connectivity index (χ0n) is 11.0. The molecule has 0 heterocycles. The van der Waals surface area contributed by atoms with E-state index in [0.29, 0.717) is 11.1 Å². The third kappa shape index (κ3) is 5.00. The standard InChI is InChI=1S/C13H18O5S/c1-10(13(14)15)12-5-3-11(4-6-12)9-19(16,17)8-7-18-2/h3-6,10H,7-9H2,1-2H3,(H,14,15). The molecule has 1 aromatic carbocycles. The third-order valence-electron chi connectivity index (χ3n) is 2.84. The van der Waals surface area contributed by atoms with E-state index in [9.17, 15) is 13.2 Å². The second-order valence-electron chi connectivity index (χ2n) is 4.39. The summed E-state index contributed by atoms with van der Waals surface area (Å²) >= 11 is 0. The van der Waals surface area contributed by atoms with Gasteiger partial charge in [-0.3, -0.25) is 4.79 Å². The van der Waals surface area contributed by atoms with Gasteiger partial charge in [0.1, 0.15) is 0 Å². The summed E-state index contributed by atoms with van der Waals surface area (Å²) in [6.07, 6.45) is 0. The fraction of sp³-hybridized carbons (Fsp3) is 0.462. The van der Waals surface area contributed by atoms with Gasteiger partial charge in [0.25, 0.3) is 0 Å². The van der Waals surface area contributed by atoms with Crippen LogP contribution < -0.4 is 0 Å². The first-order valence-electron chi connectivity index (χ1n) is 5.86. The molecule has 0 bridgehead atoms. The van der Waals surface area contributed by atoms with E-state index in [1.165, 1.54) is 7.11 Å². The van der Waals surface area contributed by atoms with E-state index in [2.05, 4.69) is 0 Å². The van der Waals surface area contributed by atoms with E-state index in [1.54, 1.807) is 31.2 Å². The van der Waals surface area contributed by atoms with Crippen LogP contribution in [0.4, 0.5) is 0 Å². The van der Waals surface area contributed by atoms with Gasteiger partial charge < -0.3 is 9.84 Å². The molecule has 0 saturated carbocycles. The minimum Gasteiger partial charge on any atom is -0.481 e. The Labute approximate surface area is 113 Å². The van der Waals surface area contributed by atoms with Gasteiger partial charge >= 0.3 is 5.97 Å². The molecular formula is C13H18O5S. The predicted octanol–water partition coefficient (Wildman–Crippen LogP) is 1.44. The summed E-state index contributed by atoms with van der Waals surface area (Å²) in [7, 11) is -1.73. The quantitative estimate of drug-likeness (QED) is 0.820. The highest BCUT2D eigenvalue weighted by Gasteiger charge is 2.15. The first-order chi connectivity index (χ1) is 8.85. The van der Waals surface area contributed by atoms with E-state index in [4.69, 9.17) is 9.84 Å². The molecule has 19 heavy (non-hydrogen) atoms. The average Bonchev–Trinajstić information content (AvgIpc) is 2.36. The molecule has 0 saturated heterocycles. The Morgan fingerprint density at radius 3 is 2.37 bits per heavy atom. The van der Waals surface area contributed by atoms with Crippen LogP contribution in [0.5, 0.6) is 0 Å². The SMILES string of the molecule is COCCS(=O)(=O)Cc1ccc(C(C)C(=O)O)cc1. The van der Waals surface area contributed by atoms with Crippen LogP contribution >= 0.6 is 0 Å². The summed E-state index contributed by atoms with van der Waals surface area (Å²) in [6.45, 7) is 1.77. The van der Waals surface area contributed by atoms with Crippen molar-refractivity contribution < 1.29 is 23.1 Å². The Morgan fingerprint density at radius 1 is 1.32 bits per heavy atom. The second kappa shape index (κ2) is 6.68. The van der Waals surface area contributed by atoms with Gasteiger partial charge in [0.15, 0.2) is 9.84 Å². The largest absolute Gasteiger partial charge is 0.481 e. The molecule has 1 rings (SSSR count). The van der Waals surface area contributed by atoms with Gasteiger partial charge in [-0.2, -0.15) is 0 Å². The van der Waals surface area contributed by atoms with Gasteiger partial charge in [-0.1, -0.05) is 24.3 Å². The molecular weight excluding hydrogens is 268 g/mol. The molecule has 0 aliphatic carbocycles. The number of benzene rings is 1. The summed E-state index contributed by atoms with van der Waals surface area (Å²) < 4.78 is 28.2. The minimum atomic E-state index is -3.19. The average molecular weight is 286 g/mol. The topological polar surface area (TPSA) is 80.7 Å². The third-order valence-corrected chi connectivity index (χ3v) is 4.40. The van der Waals surface area contributed by atoms with Gasteiger partial charge in [0.2, 0.25) is 0 Å². The van der Waals surface area contributed by atoms with Crippen LogP contribution in [-0.2, 0) is 25.1 Å². The van der Waals surface area contributed by atoms with Crippen molar-refractivity contribution in [1.82, 2.24) is 0 Å². The smallest absolute Gasteiger partial charge is 0.310 e. The zero-order valence-corrected chi connectivity index (χ0v) is 11.8. The first kappa shape index (κ1) is 15.7. The van der Waals surface area contributed by atoms with Crippen LogP contribution in [0.25, 0.3) is 0 Å². The van der Waals surface area contributed by atoms with Crippen LogP contribution in [0, 0.1) is 0 Å². The number of hydrogen-bond acceptors (Lipinski definition) is 4. The van der Waals surface area contributed by atoms with Crippen molar-refractivity contribution in [2.75, 3.05) is 19.5 Å². The van der Waals surface area contributed by atoms with Gasteiger partial charge in [0.05, 0.1) is 24.0 Å². The Kier molecular flexibility index (Phi) is 5.50. The molecule has 106 valence electrons. The lowest BCUT2D eigenvalue weighted by atomic mass is 10.0. The number of hydrogen-bond donors (Lipinski definition) is 1. The van der Waals surface area contributed by atoms with E-state index in [1.807, 2.05) is 0 Å². The second-order valence-corrected chi connectivity index (χ2v) is 6.57. The molecule has 1 aromatic rings. The van der Waals surface area contributed by atoms with Crippen LogP contribution in [0.2, 0.25) is 0 Å². The van der Waals surface area contributed by atoms with E-state index >= 15 is 0 Å². The summed E-state index contributed by atoms with van der Waals surface area (Å²) in [5.41, 5.74) is 1.31. The highest BCUT2D eigenvalue weighted by Crippen LogP contribution is 2.17. The van der Waals surface area contributed by atoms with Crippen molar-refractivity contribution in [2.45, 2.75) is 18.6 Å². The summed E-state index contributed by atoms with van der Waals surface area (Å²) in [6, 6.07) is 6.61. The molecule has 0 aromatic heterocycles. The van der Waals surface area contributed by atoms with Crippen molar-refractivity contribution >= 4 is 15.8 Å². The first-order valence-corrected chi connectivity index (χ1v) is 7.69. The normalized spacial score (nSPS) is 13.2. The lowest BCUT2D eigenvalue weighted by Crippen LogP contribution is -2.13. The predicted molar refractivity (Wildman–Crippen MR) is 71.9 cm³/mol. The lowest BCUT2D eigenvalue weighted by Gasteiger charge is -2.08. The number of aliphatic carboxylic acids is 1. The maximum absolute atomic E-state index is 11.7. The Hall–Kier alpha value is -1.40. The van der Waals surface area contributed by atoms with Gasteiger partial charge in [-0.15, -0.1) is 0 Å². The van der Waals surface area contributed by atoms with E-state index in [-0.39, 0.29) is 18.1 Å². The van der Waals surface area contributed by atoms with Crippen LogP contribution in [0.1, 0.15) is 24.0 Å². The molecule has 1 unspecified atom stereocenters. The fourth-order valence-corrected chi connectivity index (χ4v) is 2.85. The van der Waals surface area contributed by atoms with Crippen LogP contribution in [0.15, 0.2) is 24.3 Å². The number of carboxylic acids is 1. The monoisotopic (exact) mass is 286 g/mol. The molecule has 0 radical (unpaired) electrons. The highest BCUT2D eigenvalue weighted by molar-refractivity contribution is 7.90. The number of ether oxygens (including phenoxy) is 1. The Bertz CT molecular complexity index is 518. The van der Waals surface area contributed by atoms with E-state index in [0.717, 1.165) is 0 Å². The Balaban J connectivity index is 2.75. The molecule has 5 nitrogen and oxygen atoms in total. The molecule has 6 heteroatoms. The van der Waals surface area contributed by atoms with Crippen LogP contribution in [-0.4, -0.2) is 39.0 Å². The molecule has 1 N–H and O–H groups in total. The molecule has 0 spiro atoms.